The molecule has 2 N–H and O–H groups in total. The minimum atomic E-state index is -0.953. The first-order valence-electron chi connectivity index (χ1n) is 7.46. The van der Waals surface area contributed by atoms with Crippen molar-refractivity contribution in [3.8, 4) is 0 Å². The Hall–Kier alpha value is -3.39. The summed E-state index contributed by atoms with van der Waals surface area (Å²) in [4.78, 5) is 29.7. The van der Waals surface area contributed by atoms with E-state index in [4.69, 9.17) is 5.11 Å². The van der Waals surface area contributed by atoms with Crippen LogP contribution in [0.15, 0.2) is 48.7 Å². The number of fused-ring (bicyclic) bond motifs is 1. The number of hydrogen-bond donors (Lipinski definition) is 2. The van der Waals surface area contributed by atoms with Gasteiger partial charge in [-0.3, -0.25) is 15.1 Å². The molecule has 0 aliphatic carbocycles. The molecule has 0 atom stereocenters. The number of nitro groups is 1. The molecule has 0 radical (unpaired) electrons. The monoisotopic (exact) mass is 338 g/mol. The smallest absolute Gasteiger partial charge is 0.335 e. The molecule has 126 valence electrons. The van der Waals surface area contributed by atoms with E-state index >= 15 is 0 Å². The number of carboxylic acids is 1. The van der Waals surface area contributed by atoms with E-state index in [0.717, 1.165) is 5.56 Å². The van der Waals surface area contributed by atoms with Crippen LogP contribution in [0.3, 0.4) is 0 Å². The average Bonchev–Trinajstić information content (AvgIpc) is 2.61. The number of aromatic carboxylic acids is 1. The van der Waals surface area contributed by atoms with E-state index in [2.05, 4.69) is 15.3 Å². The third kappa shape index (κ3) is 3.93. The third-order valence-corrected chi connectivity index (χ3v) is 3.62. The predicted octanol–water partition coefficient (Wildman–Crippen LogP) is 2.53. The molecule has 3 aromatic rings. The number of nitrogens with one attached hydrogen (secondary N) is 1. The van der Waals surface area contributed by atoms with Crippen LogP contribution in [-0.4, -0.2) is 26.0 Å². The minimum absolute atomic E-state index is 0.0162. The summed E-state index contributed by atoms with van der Waals surface area (Å²) in [5.41, 5.74) is 2.96. The van der Waals surface area contributed by atoms with E-state index in [1.165, 1.54) is 12.1 Å². The zero-order valence-electron chi connectivity index (χ0n) is 13.0. The number of benzene rings is 2. The van der Waals surface area contributed by atoms with Crippen LogP contribution in [-0.2, 0) is 13.1 Å². The van der Waals surface area contributed by atoms with Crippen molar-refractivity contribution in [2.45, 2.75) is 13.1 Å². The highest BCUT2D eigenvalue weighted by Gasteiger charge is 2.08. The molecule has 0 amide bonds. The molecule has 0 unspecified atom stereocenters. The van der Waals surface area contributed by atoms with Gasteiger partial charge >= 0.3 is 5.97 Å². The summed E-state index contributed by atoms with van der Waals surface area (Å²) in [7, 11) is 0. The second kappa shape index (κ2) is 7.02. The molecular weight excluding hydrogens is 324 g/mol. The molecular formula is C17H14N4O4. The molecule has 8 heteroatoms. The molecule has 0 bridgehead atoms. The molecule has 25 heavy (non-hydrogen) atoms. The van der Waals surface area contributed by atoms with Crippen molar-refractivity contribution in [2.75, 3.05) is 0 Å². The molecule has 1 heterocycles. The Morgan fingerprint density at radius 1 is 1.12 bits per heavy atom. The Kier molecular flexibility index (Phi) is 4.62. The van der Waals surface area contributed by atoms with Gasteiger partial charge in [0.05, 0.1) is 33.4 Å². The van der Waals surface area contributed by atoms with Crippen molar-refractivity contribution in [1.82, 2.24) is 15.3 Å². The van der Waals surface area contributed by atoms with Gasteiger partial charge in [0, 0.05) is 25.2 Å². The van der Waals surface area contributed by atoms with Crippen molar-refractivity contribution in [3.05, 3.63) is 75.6 Å². The number of hydrogen-bond acceptors (Lipinski definition) is 6. The maximum Gasteiger partial charge on any atom is 0.335 e. The molecule has 0 aliphatic rings. The number of aromatic nitrogens is 2. The standard InChI is InChI=1S/C17H14N4O4/c22-17(23)12-3-1-11(2-4-12)8-18-9-13-10-19-16-7-14(21(24)25)5-6-15(16)20-13/h1-7,10,18H,8-9H2,(H,22,23). The first-order valence-corrected chi connectivity index (χ1v) is 7.46. The number of nitrogens with zero attached hydrogens (tertiary/aromatic N) is 3. The molecule has 0 fully saturated rings. The van der Waals surface area contributed by atoms with E-state index in [-0.39, 0.29) is 11.3 Å². The van der Waals surface area contributed by atoms with Crippen molar-refractivity contribution in [1.29, 1.82) is 0 Å². The SMILES string of the molecule is O=C(O)c1ccc(CNCc2cnc3cc([N+](=O)[O-])ccc3n2)cc1. The summed E-state index contributed by atoms with van der Waals surface area (Å²) in [5.74, 6) is -0.953. The quantitative estimate of drug-likeness (QED) is 0.523. The number of carbonyl (C=O) groups is 1. The highest BCUT2D eigenvalue weighted by atomic mass is 16.6. The number of nitro benzene ring substituents is 1. The summed E-state index contributed by atoms with van der Waals surface area (Å²) in [6.07, 6.45) is 1.58. The zero-order valence-corrected chi connectivity index (χ0v) is 13.0. The molecule has 0 aliphatic heterocycles. The zero-order chi connectivity index (χ0) is 17.8. The summed E-state index contributed by atoms with van der Waals surface area (Å²) in [6, 6.07) is 11.0. The molecule has 2 aromatic carbocycles. The fraction of sp³-hybridized carbons (Fsp3) is 0.118. The van der Waals surface area contributed by atoms with Crippen molar-refractivity contribution >= 4 is 22.7 Å². The Morgan fingerprint density at radius 3 is 2.56 bits per heavy atom. The Morgan fingerprint density at radius 2 is 1.88 bits per heavy atom. The highest BCUT2D eigenvalue weighted by molar-refractivity contribution is 5.87. The van der Waals surface area contributed by atoms with Crippen LogP contribution >= 0.6 is 0 Å². The van der Waals surface area contributed by atoms with E-state index in [9.17, 15) is 14.9 Å². The first kappa shape index (κ1) is 16.5. The number of non-ortho nitro benzene ring substituents is 1. The topological polar surface area (TPSA) is 118 Å². The van der Waals surface area contributed by atoms with Gasteiger partial charge in [-0.2, -0.15) is 0 Å². The predicted molar refractivity (Wildman–Crippen MR) is 90.1 cm³/mol. The fourth-order valence-electron chi connectivity index (χ4n) is 2.34. The van der Waals surface area contributed by atoms with Gasteiger partial charge in [0.1, 0.15) is 0 Å². The van der Waals surface area contributed by atoms with Crippen molar-refractivity contribution in [3.63, 3.8) is 0 Å². The van der Waals surface area contributed by atoms with Gasteiger partial charge in [-0.1, -0.05) is 12.1 Å². The van der Waals surface area contributed by atoms with E-state index < -0.39 is 10.9 Å². The number of rotatable bonds is 6. The maximum atomic E-state index is 10.8. The Labute approximate surface area is 142 Å². The first-order chi connectivity index (χ1) is 12.0. The van der Waals surface area contributed by atoms with Crippen LogP contribution in [0.4, 0.5) is 5.69 Å². The molecule has 3 rings (SSSR count). The molecule has 0 spiro atoms. The Balaban J connectivity index is 1.64. The normalized spacial score (nSPS) is 10.7. The molecule has 8 nitrogen and oxygen atoms in total. The van der Waals surface area contributed by atoms with E-state index in [0.29, 0.717) is 29.8 Å². The second-order valence-corrected chi connectivity index (χ2v) is 5.40. The second-order valence-electron chi connectivity index (χ2n) is 5.40. The van der Waals surface area contributed by atoms with Gasteiger partial charge in [0.25, 0.3) is 5.69 Å². The largest absolute Gasteiger partial charge is 0.478 e. The van der Waals surface area contributed by atoms with Crippen LogP contribution < -0.4 is 5.32 Å². The lowest BCUT2D eigenvalue weighted by Crippen LogP contribution is -2.14. The van der Waals surface area contributed by atoms with Crippen molar-refractivity contribution < 1.29 is 14.8 Å². The lowest BCUT2D eigenvalue weighted by atomic mass is 10.1. The van der Waals surface area contributed by atoms with Crippen LogP contribution in [0.25, 0.3) is 11.0 Å². The third-order valence-electron chi connectivity index (χ3n) is 3.62. The van der Waals surface area contributed by atoms with Crippen LogP contribution in [0.5, 0.6) is 0 Å². The average molecular weight is 338 g/mol. The van der Waals surface area contributed by atoms with Gasteiger partial charge in [0.15, 0.2) is 0 Å². The molecule has 0 saturated heterocycles. The van der Waals surface area contributed by atoms with Crippen LogP contribution in [0.1, 0.15) is 21.6 Å². The summed E-state index contributed by atoms with van der Waals surface area (Å²) >= 11 is 0. The van der Waals surface area contributed by atoms with Gasteiger partial charge in [0.2, 0.25) is 0 Å². The molecule has 1 aromatic heterocycles. The lowest BCUT2D eigenvalue weighted by molar-refractivity contribution is -0.384. The highest BCUT2D eigenvalue weighted by Crippen LogP contribution is 2.17. The van der Waals surface area contributed by atoms with Gasteiger partial charge < -0.3 is 10.4 Å². The summed E-state index contributed by atoms with van der Waals surface area (Å²) in [6.45, 7) is 1.03. The summed E-state index contributed by atoms with van der Waals surface area (Å²) < 4.78 is 0. The summed E-state index contributed by atoms with van der Waals surface area (Å²) in [5, 5.41) is 22.8. The van der Waals surface area contributed by atoms with Crippen LogP contribution in [0, 0.1) is 10.1 Å². The maximum absolute atomic E-state index is 10.8. The lowest BCUT2D eigenvalue weighted by Gasteiger charge is -2.06. The molecule has 0 saturated carbocycles. The number of carboxylic acid groups (broad SMARTS) is 1. The van der Waals surface area contributed by atoms with Gasteiger partial charge in [-0.25, -0.2) is 9.78 Å². The van der Waals surface area contributed by atoms with Crippen LogP contribution in [0.2, 0.25) is 0 Å². The minimum Gasteiger partial charge on any atom is -0.478 e. The van der Waals surface area contributed by atoms with E-state index in [1.54, 1.807) is 36.5 Å². The fourth-order valence-corrected chi connectivity index (χ4v) is 2.34. The van der Waals surface area contributed by atoms with Gasteiger partial charge in [-0.15, -0.1) is 0 Å². The Bertz CT molecular complexity index is 941. The van der Waals surface area contributed by atoms with E-state index in [1.807, 2.05) is 0 Å². The van der Waals surface area contributed by atoms with Crippen molar-refractivity contribution in [2.24, 2.45) is 0 Å². The van der Waals surface area contributed by atoms with Gasteiger partial charge in [-0.05, 0) is 23.8 Å².